The number of fused-ring (bicyclic) bond motifs is 1. The van der Waals surface area contributed by atoms with Crippen molar-refractivity contribution in [3.05, 3.63) is 36.2 Å². The molecule has 3 heterocycles. The van der Waals surface area contributed by atoms with E-state index in [1.807, 2.05) is 0 Å². The molecule has 9 heteroatoms. The van der Waals surface area contributed by atoms with Gasteiger partial charge in [-0.25, -0.2) is 8.42 Å². The Morgan fingerprint density at radius 1 is 1.27 bits per heavy atom. The lowest BCUT2D eigenvalue weighted by atomic mass is 10.2. The second-order valence-corrected chi connectivity index (χ2v) is 8.10. The summed E-state index contributed by atoms with van der Waals surface area (Å²) in [7, 11) is -2.06. The molecule has 0 aliphatic carbocycles. The van der Waals surface area contributed by atoms with Gasteiger partial charge in [0.15, 0.2) is 0 Å². The number of hydrogen-bond donors (Lipinski definition) is 0. The number of ether oxygens (including phenoxy) is 3. The summed E-state index contributed by atoms with van der Waals surface area (Å²) in [5.74, 6) is 1.44. The summed E-state index contributed by atoms with van der Waals surface area (Å²) in [5, 5.41) is 0. The zero-order valence-electron chi connectivity index (χ0n) is 14.3. The van der Waals surface area contributed by atoms with Crippen LogP contribution in [0, 0.1) is 0 Å². The first kappa shape index (κ1) is 17.0. The Labute approximate surface area is 151 Å². The molecule has 0 spiro atoms. The number of aromatic nitrogens is 2. The zero-order chi connectivity index (χ0) is 18.1. The molecule has 0 N–H and O–H groups in total. The summed E-state index contributed by atoms with van der Waals surface area (Å²) in [5.41, 5.74) is 0.935. The van der Waals surface area contributed by atoms with Crippen molar-refractivity contribution in [3.8, 4) is 17.5 Å². The van der Waals surface area contributed by atoms with Crippen LogP contribution >= 0.6 is 0 Å². The SMILES string of the molecule is COc1cncc(O[C@@H]2CCN(S(=O)(=O)c3ccc4c(c3)CCO4)C2)n1. The van der Waals surface area contributed by atoms with Crippen LogP contribution in [0.2, 0.25) is 0 Å². The highest BCUT2D eigenvalue weighted by atomic mass is 32.2. The molecule has 0 unspecified atom stereocenters. The fourth-order valence-corrected chi connectivity index (χ4v) is 4.68. The quantitative estimate of drug-likeness (QED) is 0.775. The maximum atomic E-state index is 12.9. The molecule has 0 amide bonds. The van der Waals surface area contributed by atoms with Gasteiger partial charge in [-0.2, -0.15) is 9.29 Å². The molecule has 4 rings (SSSR count). The summed E-state index contributed by atoms with van der Waals surface area (Å²) < 4.78 is 43.5. The smallest absolute Gasteiger partial charge is 0.243 e. The molecule has 2 aromatic rings. The van der Waals surface area contributed by atoms with E-state index in [4.69, 9.17) is 14.2 Å². The van der Waals surface area contributed by atoms with Crippen molar-refractivity contribution < 1.29 is 22.6 Å². The molecule has 2 aliphatic heterocycles. The third-order valence-corrected chi connectivity index (χ3v) is 6.35. The number of hydrogen-bond acceptors (Lipinski definition) is 7. The van der Waals surface area contributed by atoms with Crippen molar-refractivity contribution >= 4 is 10.0 Å². The minimum absolute atomic E-state index is 0.273. The van der Waals surface area contributed by atoms with Gasteiger partial charge in [0.25, 0.3) is 0 Å². The molecule has 26 heavy (non-hydrogen) atoms. The molecule has 0 saturated carbocycles. The molecule has 0 bridgehead atoms. The van der Waals surface area contributed by atoms with E-state index < -0.39 is 10.0 Å². The van der Waals surface area contributed by atoms with E-state index in [0.717, 1.165) is 17.7 Å². The molecule has 138 valence electrons. The second-order valence-electron chi connectivity index (χ2n) is 6.16. The Balaban J connectivity index is 1.47. The Kier molecular flexibility index (Phi) is 4.41. The van der Waals surface area contributed by atoms with Gasteiger partial charge < -0.3 is 14.2 Å². The molecule has 1 fully saturated rings. The highest BCUT2D eigenvalue weighted by Crippen LogP contribution is 2.30. The van der Waals surface area contributed by atoms with Gasteiger partial charge in [-0.05, 0) is 30.2 Å². The predicted octanol–water partition coefficient (Wildman–Crippen LogP) is 1.26. The fraction of sp³-hybridized carbons (Fsp3) is 0.412. The van der Waals surface area contributed by atoms with Gasteiger partial charge in [0.2, 0.25) is 21.8 Å². The van der Waals surface area contributed by atoms with Crippen molar-refractivity contribution in [2.24, 2.45) is 0 Å². The van der Waals surface area contributed by atoms with E-state index in [2.05, 4.69) is 9.97 Å². The van der Waals surface area contributed by atoms with Gasteiger partial charge in [0.05, 0.1) is 37.6 Å². The van der Waals surface area contributed by atoms with Crippen LogP contribution in [-0.2, 0) is 16.4 Å². The van der Waals surface area contributed by atoms with E-state index >= 15 is 0 Å². The molecule has 8 nitrogen and oxygen atoms in total. The van der Waals surface area contributed by atoms with Crippen LogP contribution in [-0.4, -0.2) is 55.6 Å². The van der Waals surface area contributed by atoms with Crippen LogP contribution in [0.25, 0.3) is 0 Å². The van der Waals surface area contributed by atoms with Gasteiger partial charge in [-0.15, -0.1) is 0 Å². The third-order valence-electron chi connectivity index (χ3n) is 4.49. The van der Waals surface area contributed by atoms with Gasteiger partial charge in [0, 0.05) is 13.0 Å². The predicted molar refractivity (Wildman–Crippen MR) is 92.0 cm³/mol. The lowest BCUT2D eigenvalue weighted by molar-refractivity contribution is 0.203. The maximum Gasteiger partial charge on any atom is 0.243 e. The highest BCUT2D eigenvalue weighted by molar-refractivity contribution is 7.89. The number of rotatable bonds is 5. The molecular formula is C17H19N3O5S. The van der Waals surface area contributed by atoms with Gasteiger partial charge in [0.1, 0.15) is 11.9 Å². The summed E-state index contributed by atoms with van der Waals surface area (Å²) in [6.07, 6.45) is 4.02. The first-order valence-electron chi connectivity index (χ1n) is 8.35. The number of methoxy groups -OCH3 is 1. The van der Waals surface area contributed by atoms with Crippen molar-refractivity contribution in [3.63, 3.8) is 0 Å². The van der Waals surface area contributed by atoms with Gasteiger partial charge in [-0.3, -0.25) is 4.98 Å². The average Bonchev–Trinajstić information content (AvgIpc) is 3.30. The van der Waals surface area contributed by atoms with Crippen molar-refractivity contribution in [1.29, 1.82) is 0 Å². The van der Waals surface area contributed by atoms with Crippen LogP contribution in [0.4, 0.5) is 0 Å². The fourth-order valence-electron chi connectivity index (χ4n) is 3.14. The minimum atomic E-state index is -3.56. The molecule has 0 radical (unpaired) electrons. The standard InChI is InChI=1S/C17H19N3O5S/c1-23-16-9-18-10-17(19-16)25-13-4-6-20(11-13)26(21,22)14-2-3-15-12(8-14)5-7-24-15/h2-3,8-10,13H,4-7,11H2,1H3/t13-/m1/s1. The Bertz CT molecular complexity index is 918. The topological polar surface area (TPSA) is 90.9 Å². The number of nitrogens with zero attached hydrogens (tertiary/aromatic N) is 3. The first-order chi connectivity index (χ1) is 12.6. The molecule has 1 saturated heterocycles. The van der Waals surface area contributed by atoms with E-state index in [0.29, 0.717) is 36.2 Å². The van der Waals surface area contributed by atoms with E-state index in [1.54, 1.807) is 18.2 Å². The van der Waals surface area contributed by atoms with Crippen molar-refractivity contribution in [2.45, 2.75) is 23.8 Å². The molecule has 2 aliphatic rings. The van der Waals surface area contributed by atoms with Gasteiger partial charge >= 0.3 is 0 Å². The van der Waals surface area contributed by atoms with E-state index in [9.17, 15) is 8.42 Å². The Morgan fingerprint density at radius 3 is 2.96 bits per heavy atom. The maximum absolute atomic E-state index is 12.9. The van der Waals surface area contributed by atoms with Crippen molar-refractivity contribution in [2.75, 3.05) is 26.8 Å². The average molecular weight is 377 g/mol. The summed E-state index contributed by atoms with van der Waals surface area (Å²) in [6, 6.07) is 5.03. The van der Waals surface area contributed by atoms with Gasteiger partial charge in [-0.1, -0.05) is 0 Å². The number of sulfonamides is 1. The highest BCUT2D eigenvalue weighted by Gasteiger charge is 2.34. The lowest BCUT2D eigenvalue weighted by Crippen LogP contribution is -2.31. The van der Waals surface area contributed by atoms with Crippen LogP contribution in [0.5, 0.6) is 17.5 Å². The molecule has 1 atom stereocenters. The monoisotopic (exact) mass is 377 g/mol. The summed E-state index contributed by atoms with van der Waals surface area (Å²) in [4.78, 5) is 8.44. The Morgan fingerprint density at radius 2 is 2.12 bits per heavy atom. The second kappa shape index (κ2) is 6.73. The largest absolute Gasteiger partial charge is 0.493 e. The van der Waals surface area contributed by atoms with E-state index in [-0.39, 0.29) is 12.6 Å². The van der Waals surface area contributed by atoms with Crippen LogP contribution in [0.1, 0.15) is 12.0 Å². The Hall–Kier alpha value is -2.39. The zero-order valence-corrected chi connectivity index (χ0v) is 15.1. The summed E-state index contributed by atoms with van der Waals surface area (Å²) in [6.45, 7) is 1.27. The van der Waals surface area contributed by atoms with E-state index in [1.165, 1.54) is 23.8 Å². The molecule has 1 aromatic heterocycles. The minimum Gasteiger partial charge on any atom is -0.493 e. The summed E-state index contributed by atoms with van der Waals surface area (Å²) >= 11 is 0. The van der Waals surface area contributed by atoms with Crippen LogP contribution < -0.4 is 14.2 Å². The van der Waals surface area contributed by atoms with Crippen molar-refractivity contribution in [1.82, 2.24) is 14.3 Å². The number of benzene rings is 1. The normalized spacial score (nSPS) is 19.8. The third kappa shape index (κ3) is 3.19. The molecule has 1 aromatic carbocycles. The van der Waals surface area contributed by atoms with Crippen LogP contribution in [0.15, 0.2) is 35.5 Å². The lowest BCUT2D eigenvalue weighted by Gasteiger charge is -2.17. The molecular weight excluding hydrogens is 358 g/mol. The van der Waals surface area contributed by atoms with Crippen LogP contribution in [0.3, 0.4) is 0 Å². The first-order valence-corrected chi connectivity index (χ1v) is 9.79.